The maximum absolute atomic E-state index is 11.8. The number of hydrogen-bond donors (Lipinski definition) is 2. The van der Waals surface area contributed by atoms with Crippen LogP contribution in [0.5, 0.6) is 11.5 Å². The Morgan fingerprint density at radius 3 is 1.22 bits per heavy atom. The average molecular weight is 673 g/mol. The van der Waals surface area contributed by atoms with Crippen LogP contribution in [0, 0.1) is 0 Å². The van der Waals surface area contributed by atoms with Gasteiger partial charge < -0.3 is 19.3 Å². The molecule has 6 aromatic carbocycles. The van der Waals surface area contributed by atoms with Gasteiger partial charge in [-0.1, -0.05) is 60.7 Å². The Kier molecular flexibility index (Phi) is 10.7. The maximum Gasteiger partial charge on any atom is 1.00 e. The van der Waals surface area contributed by atoms with E-state index in [1.54, 1.807) is 48.5 Å². The fourth-order valence-electron chi connectivity index (χ4n) is 4.89. The summed E-state index contributed by atoms with van der Waals surface area (Å²) in [6, 6.07) is 23.2. The smallest absolute Gasteiger partial charge is 0.744 e. The molecule has 220 valence electrons. The number of phenols is 2. The van der Waals surface area contributed by atoms with Gasteiger partial charge in [-0.3, -0.25) is 0 Å². The molecule has 0 heterocycles. The molecule has 46 heavy (non-hydrogen) atoms. The Labute approximate surface area is 306 Å². The van der Waals surface area contributed by atoms with Gasteiger partial charge in [-0.05, 0) is 41.8 Å². The van der Waals surface area contributed by atoms with Gasteiger partial charge in [-0.25, -0.2) is 16.8 Å². The van der Waals surface area contributed by atoms with Crippen LogP contribution in [0.25, 0.3) is 32.3 Å². The third-order valence-electron chi connectivity index (χ3n) is 6.87. The molecular formula is C30H18N4Na2O8S2. The molecule has 0 aliphatic heterocycles. The molecule has 0 aromatic heterocycles. The van der Waals surface area contributed by atoms with E-state index >= 15 is 0 Å². The minimum Gasteiger partial charge on any atom is -0.744 e. The predicted octanol–water partition coefficient (Wildman–Crippen LogP) is 1.20. The summed E-state index contributed by atoms with van der Waals surface area (Å²) in [5.41, 5.74) is 0.226. The Hall–Kier alpha value is -3.28. The standard InChI is InChI=1S/C30H20N4O8S2.2Na/c35-24-13-9-17-10-14-25(36)30(34-32-23-12-16-27(44(40,41)42)21-8-4-2-6-19(21)23)28(17)29(24)33-31-22-11-15-26(43(37,38)39)20-7-3-1-5-18(20)22;;/h1-16,35-36H,(H,37,38,39)(H,40,41,42);;/q;2*+1/p-2. The van der Waals surface area contributed by atoms with Crippen molar-refractivity contribution in [3.05, 3.63) is 97.1 Å². The summed E-state index contributed by atoms with van der Waals surface area (Å²) in [5.74, 6) is -0.636. The summed E-state index contributed by atoms with van der Waals surface area (Å²) in [7, 11) is -9.54. The minimum atomic E-state index is -4.77. The summed E-state index contributed by atoms with van der Waals surface area (Å²) in [6.45, 7) is 0. The van der Waals surface area contributed by atoms with Gasteiger partial charge in [0.15, 0.2) is 0 Å². The van der Waals surface area contributed by atoms with Crippen LogP contribution in [0.4, 0.5) is 22.7 Å². The molecule has 0 aliphatic carbocycles. The summed E-state index contributed by atoms with van der Waals surface area (Å²) >= 11 is 0. The molecule has 0 unspecified atom stereocenters. The van der Waals surface area contributed by atoms with Gasteiger partial charge in [-0.2, -0.15) is 0 Å². The Balaban J connectivity index is 0.00000240. The molecule has 16 heteroatoms. The molecule has 0 radical (unpaired) electrons. The topological polar surface area (TPSA) is 204 Å². The second-order valence-electron chi connectivity index (χ2n) is 9.53. The first-order valence-electron chi connectivity index (χ1n) is 12.7. The fourth-order valence-corrected chi connectivity index (χ4v) is 6.25. The number of benzene rings is 6. The SMILES string of the molecule is O=S(=O)([O-])c1ccc(N=Nc2c(O)ccc3ccc(O)c(N=Nc4ccc(S(=O)(=O)[O-])c5ccccc45)c23)c2ccccc12.[Na+].[Na+]. The van der Waals surface area contributed by atoms with E-state index in [-0.39, 0.29) is 110 Å². The first kappa shape index (κ1) is 35.6. The van der Waals surface area contributed by atoms with Crippen molar-refractivity contribution in [2.75, 3.05) is 0 Å². The van der Waals surface area contributed by atoms with Crippen LogP contribution in [-0.2, 0) is 20.2 Å². The average Bonchev–Trinajstić information content (AvgIpc) is 2.98. The number of aromatic hydroxyl groups is 2. The van der Waals surface area contributed by atoms with Gasteiger partial charge in [0.05, 0.1) is 21.2 Å². The summed E-state index contributed by atoms with van der Waals surface area (Å²) in [5, 5.41) is 40.1. The molecule has 0 saturated heterocycles. The van der Waals surface area contributed by atoms with Crippen LogP contribution in [0.15, 0.2) is 127 Å². The number of azo groups is 2. The van der Waals surface area contributed by atoms with Gasteiger partial charge in [0.25, 0.3) is 0 Å². The zero-order valence-corrected chi connectivity index (χ0v) is 29.8. The molecule has 0 spiro atoms. The van der Waals surface area contributed by atoms with Crippen molar-refractivity contribution in [2.45, 2.75) is 9.79 Å². The van der Waals surface area contributed by atoms with Crippen LogP contribution in [-0.4, -0.2) is 36.2 Å². The minimum absolute atomic E-state index is 0. The number of rotatable bonds is 6. The van der Waals surface area contributed by atoms with Crippen molar-refractivity contribution < 1.29 is 95.3 Å². The third-order valence-corrected chi connectivity index (χ3v) is 8.65. The zero-order valence-electron chi connectivity index (χ0n) is 24.2. The van der Waals surface area contributed by atoms with E-state index in [4.69, 9.17) is 0 Å². The molecule has 0 bridgehead atoms. The van der Waals surface area contributed by atoms with Gasteiger partial charge >= 0.3 is 59.1 Å². The van der Waals surface area contributed by atoms with Crippen molar-refractivity contribution >= 4 is 75.3 Å². The molecule has 2 N–H and O–H groups in total. The normalized spacial score (nSPS) is 12.1. The summed E-state index contributed by atoms with van der Waals surface area (Å²) in [4.78, 5) is -0.831. The number of phenolic OH excluding ortho intramolecular Hbond substituents is 2. The number of nitrogens with zero attached hydrogens (tertiary/aromatic N) is 4. The first-order chi connectivity index (χ1) is 20.9. The largest absolute Gasteiger partial charge is 1.00 e. The molecule has 0 aliphatic rings. The summed E-state index contributed by atoms with van der Waals surface area (Å²) < 4.78 is 70.6. The van der Waals surface area contributed by atoms with Gasteiger partial charge in [0.2, 0.25) is 0 Å². The molecule has 0 amide bonds. The molecule has 0 fully saturated rings. The molecule has 0 atom stereocenters. The van der Waals surface area contributed by atoms with Crippen LogP contribution in [0.2, 0.25) is 0 Å². The Morgan fingerprint density at radius 1 is 0.478 bits per heavy atom. The van der Waals surface area contributed by atoms with Crippen molar-refractivity contribution in [1.82, 2.24) is 0 Å². The van der Waals surface area contributed by atoms with Crippen LogP contribution < -0.4 is 59.1 Å². The van der Waals surface area contributed by atoms with E-state index in [1.165, 1.54) is 36.4 Å². The number of hydrogen-bond acceptors (Lipinski definition) is 12. The number of fused-ring (bicyclic) bond motifs is 3. The van der Waals surface area contributed by atoms with Crippen LogP contribution >= 0.6 is 0 Å². The van der Waals surface area contributed by atoms with E-state index in [1.807, 2.05) is 0 Å². The van der Waals surface area contributed by atoms with Crippen LogP contribution in [0.1, 0.15) is 0 Å². The Bertz CT molecular complexity index is 2270. The van der Waals surface area contributed by atoms with E-state index < -0.39 is 30.0 Å². The third kappa shape index (κ3) is 6.87. The van der Waals surface area contributed by atoms with Crippen molar-refractivity contribution in [3.8, 4) is 11.5 Å². The van der Waals surface area contributed by atoms with Gasteiger partial charge in [-0.15, -0.1) is 20.5 Å². The maximum atomic E-state index is 11.8. The molecule has 0 saturated carbocycles. The van der Waals surface area contributed by atoms with E-state index in [9.17, 15) is 36.2 Å². The second-order valence-corrected chi connectivity index (χ2v) is 12.2. The Morgan fingerprint density at radius 2 is 0.848 bits per heavy atom. The first-order valence-corrected chi connectivity index (χ1v) is 15.5. The fraction of sp³-hybridized carbons (Fsp3) is 0. The molecular weight excluding hydrogens is 654 g/mol. The summed E-state index contributed by atoms with van der Waals surface area (Å²) in [6.07, 6.45) is 0. The van der Waals surface area contributed by atoms with Crippen molar-refractivity contribution in [1.29, 1.82) is 0 Å². The van der Waals surface area contributed by atoms with E-state index in [2.05, 4.69) is 20.5 Å². The molecule has 6 rings (SSSR count). The van der Waals surface area contributed by atoms with E-state index in [0.717, 1.165) is 12.1 Å². The predicted molar refractivity (Wildman–Crippen MR) is 159 cm³/mol. The zero-order chi connectivity index (χ0) is 31.2. The monoisotopic (exact) mass is 672 g/mol. The quantitative estimate of drug-likeness (QED) is 0.149. The van der Waals surface area contributed by atoms with Crippen molar-refractivity contribution in [3.63, 3.8) is 0 Å². The van der Waals surface area contributed by atoms with Gasteiger partial charge in [0, 0.05) is 26.9 Å². The molecule has 6 aromatic rings. The second kappa shape index (κ2) is 13.8. The molecule has 12 nitrogen and oxygen atoms in total. The van der Waals surface area contributed by atoms with Gasteiger partial charge in [0.1, 0.15) is 43.1 Å². The van der Waals surface area contributed by atoms with Crippen molar-refractivity contribution in [2.24, 2.45) is 20.5 Å². The van der Waals surface area contributed by atoms with E-state index in [0.29, 0.717) is 16.2 Å². The van der Waals surface area contributed by atoms with Crippen LogP contribution in [0.3, 0.4) is 0 Å².